The van der Waals surface area contributed by atoms with Gasteiger partial charge in [0.05, 0.1) is 6.61 Å². The molecule has 175 valence electrons. The molecule has 4 heteroatoms. The van der Waals surface area contributed by atoms with Crippen molar-refractivity contribution in [2.75, 3.05) is 0 Å². The molecule has 4 aromatic rings. The van der Waals surface area contributed by atoms with Crippen LogP contribution >= 0.6 is 11.3 Å². The zero-order valence-corrected chi connectivity index (χ0v) is 22.6. The molecule has 0 saturated heterocycles. The maximum absolute atomic E-state index is 6.80. The smallest absolute Gasteiger partial charge is 0.283 e. The molecule has 4 rings (SSSR count). The molecular weight excluding hydrogens is 450 g/mol. The van der Waals surface area contributed by atoms with Crippen LogP contribution in [0.1, 0.15) is 47.9 Å². The van der Waals surface area contributed by atoms with Gasteiger partial charge in [0.1, 0.15) is 0 Å². The molecule has 2 N–H and O–H groups in total. The first-order chi connectivity index (χ1) is 16.3. The summed E-state index contributed by atoms with van der Waals surface area (Å²) in [6, 6.07) is 25.8. The van der Waals surface area contributed by atoms with E-state index in [0.717, 1.165) is 0 Å². The van der Waals surface area contributed by atoms with E-state index in [0.29, 0.717) is 13.2 Å². The zero-order valence-electron chi connectivity index (χ0n) is 20.8. The fraction of sp³-hybridized carbons (Fsp3) is 0.267. The van der Waals surface area contributed by atoms with Crippen molar-refractivity contribution in [1.82, 2.24) is 0 Å². The Balaban J connectivity index is 1.78. The minimum atomic E-state index is -1.37. The minimum absolute atomic E-state index is 0.0322. The summed E-state index contributed by atoms with van der Waals surface area (Å²) in [5.41, 5.74) is 14.0. The predicted octanol–water partition coefficient (Wildman–Crippen LogP) is 6.11. The second kappa shape index (κ2) is 10.4. The van der Waals surface area contributed by atoms with E-state index in [2.05, 4.69) is 113 Å². The van der Waals surface area contributed by atoms with E-state index in [-0.39, 0.29) is 5.41 Å². The lowest BCUT2D eigenvalue weighted by atomic mass is 9.77. The third kappa shape index (κ3) is 5.11. The normalized spacial score (nSPS) is 11.9. The lowest BCUT2D eigenvalue weighted by molar-refractivity contribution is 0.320. The lowest BCUT2D eigenvalue weighted by Crippen LogP contribution is -2.44. The Morgan fingerprint density at radius 1 is 0.824 bits per heavy atom. The molecule has 2 nitrogen and oxygen atoms in total. The first kappa shape index (κ1) is 24.6. The van der Waals surface area contributed by atoms with Gasteiger partial charge in [0.25, 0.3) is 9.04 Å². The van der Waals surface area contributed by atoms with Gasteiger partial charge < -0.3 is 10.2 Å². The van der Waals surface area contributed by atoms with Gasteiger partial charge in [-0.1, -0.05) is 81.4 Å². The van der Waals surface area contributed by atoms with Gasteiger partial charge in [-0.15, -0.1) is 11.3 Å². The summed E-state index contributed by atoms with van der Waals surface area (Å²) in [5, 5.41) is 4.68. The lowest BCUT2D eigenvalue weighted by Gasteiger charge is -2.29. The molecule has 0 atom stereocenters. The Hall–Kier alpha value is -2.50. The highest BCUT2D eigenvalue weighted by molar-refractivity contribution is 7.10. The number of nitrogens with two attached hydrogens (primary N) is 1. The topological polar surface area (TPSA) is 35.2 Å². The monoisotopic (exact) mass is 484 g/mol. The van der Waals surface area contributed by atoms with Gasteiger partial charge in [-0.05, 0) is 80.5 Å². The standard InChI is InChI=1S/C30H34NOSSi/c1-21-23(20-32-34(24-12-8-6-9-13-24)25-14-10-7-11-15-25)18-27(22(2)29(21)30(3,4)5)26-16-17-33-28(26)19-31/h6-18H,19-20,31H2,1-5H3. The van der Waals surface area contributed by atoms with Crippen LogP contribution in [0.25, 0.3) is 11.1 Å². The summed E-state index contributed by atoms with van der Waals surface area (Å²) in [7, 11) is -1.37. The highest BCUT2D eigenvalue weighted by atomic mass is 32.1. The van der Waals surface area contributed by atoms with Gasteiger partial charge in [-0.3, -0.25) is 0 Å². The van der Waals surface area contributed by atoms with E-state index in [9.17, 15) is 0 Å². The summed E-state index contributed by atoms with van der Waals surface area (Å²) in [4.78, 5) is 1.23. The van der Waals surface area contributed by atoms with E-state index < -0.39 is 9.04 Å². The summed E-state index contributed by atoms with van der Waals surface area (Å²) >= 11 is 1.74. The molecular formula is C30H34NOSSi. The fourth-order valence-corrected chi connectivity index (χ4v) is 7.65. The average Bonchev–Trinajstić information content (AvgIpc) is 3.30. The van der Waals surface area contributed by atoms with Crippen LogP contribution in [0.2, 0.25) is 0 Å². The minimum Gasteiger partial charge on any atom is -0.403 e. The summed E-state index contributed by atoms with van der Waals surface area (Å²) < 4.78 is 6.80. The molecule has 0 fully saturated rings. The highest BCUT2D eigenvalue weighted by Gasteiger charge is 2.26. The van der Waals surface area contributed by atoms with Gasteiger partial charge >= 0.3 is 0 Å². The summed E-state index contributed by atoms with van der Waals surface area (Å²) in [6.45, 7) is 12.6. The van der Waals surface area contributed by atoms with Crippen LogP contribution in [0.3, 0.4) is 0 Å². The predicted molar refractivity (Wildman–Crippen MR) is 149 cm³/mol. The molecule has 3 aromatic carbocycles. The molecule has 34 heavy (non-hydrogen) atoms. The average molecular weight is 485 g/mol. The fourth-order valence-electron chi connectivity index (χ4n) is 4.92. The maximum atomic E-state index is 6.80. The molecule has 1 radical (unpaired) electrons. The third-order valence-corrected chi connectivity index (χ3v) is 9.46. The van der Waals surface area contributed by atoms with E-state index in [4.69, 9.17) is 10.2 Å². The van der Waals surface area contributed by atoms with E-state index >= 15 is 0 Å². The van der Waals surface area contributed by atoms with Crippen molar-refractivity contribution in [2.24, 2.45) is 5.73 Å². The van der Waals surface area contributed by atoms with E-state index in [1.165, 1.54) is 48.6 Å². The molecule has 0 saturated carbocycles. The van der Waals surface area contributed by atoms with Gasteiger partial charge in [0.15, 0.2) is 0 Å². The SMILES string of the molecule is Cc1c(CO[Si](c2ccccc2)c2ccccc2)cc(-c2ccsc2CN)c(C)c1C(C)(C)C. The van der Waals surface area contributed by atoms with Crippen LogP contribution in [-0.4, -0.2) is 9.04 Å². The van der Waals surface area contributed by atoms with E-state index in [1.54, 1.807) is 11.3 Å². The molecule has 0 unspecified atom stereocenters. The summed E-state index contributed by atoms with van der Waals surface area (Å²) in [6.07, 6.45) is 0. The zero-order chi connectivity index (χ0) is 24.3. The molecule has 0 spiro atoms. The number of benzene rings is 3. The second-order valence-corrected chi connectivity index (χ2v) is 12.9. The highest BCUT2D eigenvalue weighted by Crippen LogP contribution is 2.39. The van der Waals surface area contributed by atoms with Gasteiger partial charge in [-0.2, -0.15) is 0 Å². The van der Waals surface area contributed by atoms with Crippen molar-refractivity contribution < 1.29 is 4.43 Å². The molecule has 0 amide bonds. The molecule has 0 aliphatic rings. The molecule has 0 bridgehead atoms. The van der Waals surface area contributed by atoms with Crippen molar-refractivity contribution in [3.63, 3.8) is 0 Å². The Morgan fingerprint density at radius 2 is 1.41 bits per heavy atom. The van der Waals surface area contributed by atoms with Crippen molar-refractivity contribution in [3.05, 3.63) is 105 Å². The van der Waals surface area contributed by atoms with Crippen LogP contribution < -0.4 is 16.1 Å². The largest absolute Gasteiger partial charge is 0.403 e. The summed E-state index contributed by atoms with van der Waals surface area (Å²) in [5.74, 6) is 0. The molecule has 0 aliphatic heterocycles. The first-order valence-corrected chi connectivity index (χ1v) is 14.1. The van der Waals surface area contributed by atoms with Crippen LogP contribution in [-0.2, 0) is 23.0 Å². The Morgan fingerprint density at radius 3 is 1.94 bits per heavy atom. The third-order valence-electron chi connectivity index (χ3n) is 6.37. The van der Waals surface area contributed by atoms with Crippen LogP contribution in [0.5, 0.6) is 0 Å². The van der Waals surface area contributed by atoms with Crippen molar-refractivity contribution >= 4 is 30.8 Å². The van der Waals surface area contributed by atoms with Crippen LogP contribution in [0, 0.1) is 13.8 Å². The van der Waals surface area contributed by atoms with E-state index in [1.807, 2.05) is 0 Å². The maximum Gasteiger partial charge on any atom is 0.283 e. The van der Waals surface area contributed by atoms with Crippen LogP contribution in [0.15, 0.2) is 78.2 Å². The molecule has 1 heterocycles. The molecule has 0 aliphatic carbocycles. The number of rotatable bonds is 7. The first-order valence-electron chi connectivity index (χ1n) is 11.8. The van der Waals surface area contributed by atoms with Gasteiger partial charge in [-0.25, -0.2) is 0 Å². The quantitative estimate of drug-likeness (QED) is 0.321. The van der Waals surface area contributed by atoms with Gasteiger partial charge in [0, 0.05) is 11.4 Å². The number of thiophene rings is 1. The second-order valence-electron chi connectivity index (χ2n) is 9.77. The Bertz CT molecular complexity index is 1200. The van der Waals surface area contributed by atoms with Crippen molar-refractivity contribution in [2.45, 2.75) is 53.2 Å². The van der Waals surface area contributed by atoms with Gasteiger partial charge in [0.2, 0.25) is 0 Å². The Kier molecular flexibility index (Phi) is 7.53. The van der Waals surface area contributed by atoms with Crippen molar-refractivity contribution in [3.8, 4) is 11.1 Å². The Labute approximate surface area is 210 Å². The number of hydrogen-bond acceptors (Lipinski definition) is 3. The number of hydrogen-bond donors (Lipinski definition) is 1. The van der Waals surface area contributed by atoms with Crippen LogP contribution in [0.4, 0.5) is 0 Å². The molecule has 1 aromatic heterocycles. The van der Waals surface area contributed by atoms with Crippen molar-refractivity contribution in [1.29, 1.82) is 0 Å².